The van der Waals surface area contributed by atoms with Crippen molar-refractivity contribution < 1.29 is 13.2 Å². The molecule has 0 bridgehead atoms. The molecule has 0 fully saturated rings. The second-order valence-electron chi connectivity index (χ2n) is 5.90. The number of aromatic nitrogens is 1. The normalized spacial score (nSPS) is 11.5. The molecule has 1 aromatic carbocycles. The molecule has 25 heavy (non-hydrogen) atoms. The van der Waals surface area contributed by atoms with E-state index in [1.165, 1.54) is 6.20 Å². The van der Waals surface area contributed by atoms with Crippen LogP contribution in [-0.4, -0.2) is 25.4 Å². The van der Waals surface area contributed by atoms with Crippen LogP contribution < -0.4 is 10.0 Å². The molecule has 1 heterocycles. The highest BCUT2D eigenvalue weighted by atomic mass is 35.5. The lowest BCUT2D eigenvalue weighted by Gasteiger charge is -2.10. The first-order valence-corrected chi connectivity index (χ1v) is 9.76. The Labute approximate surface area is 152 Å². The van der Waals surface area contributed by atoms with E-state index in [4.69, 9.17) is 11.6 Å². The molecule has 0 aliphatic carbocycles. The number of benzene rings is 1. The molecule has 0 saturated carbocycles. The fourth-order valence-corrected chi connectivity index (χ4v) is 3.71. The summed E-state index contributed by atoms with van der Waals surface area (Å²) in [6, 6.07) is 10.1. The molecular weight excluding hydrogens is 362 g/mol. The van der Waals surface area contributed by atoms with Gasteiger partial charge in [0.2, 0.25) is 10.0 Å². The third-order valence-corrected chi connectivity index (χ3v) is 5.01. The minimum absolute atomic E-state index is 0.0751. The zero-order valence-electron chi connectivity index (χ0n) is 14.0. The van der Waals surface area contributed by atoms with Gasteiger partial charge in [0.25, 0.3) is 5.91 Å². The van der Waals surface area contributed by atoms with Gasteiger partial charge in [0.1, 0.15) is 5.15 Å². The third kappa shape index (κ3) is 6.45. The number of carbonyl (C=O) groups excluding carboxylic acids is 1. The lowest BCUT2D eigenvalue weighted by Crippen LogP contribution is -2.31. The lowest BCUT2D eigenvalue weighted by atomic mass is 10.1. The van der Waals surface area contributed by atoms with E-state index in [-0.39, 0.29) is 17.7 Å². The quantitative estimate of drug-likeness (QED) is 0.721. The molecule has 8 heteroatoms. The highest BCUT2D eigenvalue weighted by molar-refractivity contribution is 7.88. The number of halogens is 1. The predicted octanol–water partition coefficient (Wildman–Crippen LogP) is 2.49. The molecule has 0 aliphatic rings. The molecule has 0 unspecified atom stereocenters. The van der Waals surface area contributed by atoms with Crippen LogP contribution in [0.15, 0.2) is 42.6 Å². The Morgan fingerprint density at radius 1 is 1.12 bits per heavy atom. The molecule has 1 amide bonds. The van der Waals surface area contributed by atoms with Crippen molar-refractivity contribution >= 4 is 27.5 Å². The minimum Gasteiger partial charge on any atom is -0.348 e. The molecule has 0 radical (unpaired) electrons. The predicted molar refractivity (Wildman–Crippen MR) is 97.8 cm³/mol. The highest BCUT2D eigenvalue weighted by Gasteiger charge is 2.13. The van der Waals surface area contributed by atoms with Crippen LogP contribution in [0.2, 0.25) is 5.15 Å². The van der Waals surface area contributed by atoms with Gasteiger partial charge in [0, 0.05) is 18.8 Å². The van der Waals surface area contributed by atoms with Gasteiger partial charge in [-0.25, -0.2) is 18.1 Å². The summed E-state index contributed by atoms with van der Waals surface area (Å²) in [4.78, 5) is 15.9. The van der Waals surface area contributed by atoms with Gasteiger partial charge in [0.05, 0.1) is 11.3 Å². The smallest absolute Gasteiger partial charge is 0.253 e. The van der Waals surface area contributed by atoms with Crippen molar-refractivity contribution in [1.82, 2.24) is 15.0 Å². The first-order valence-electron chi connectivity index (χ1n) is 7.73. The highest BCUT2D eigenvalue weighted by Crippen LogP contribution is 2.09. The SMILES string of the molecule is CC(C)NS(=O)(=O)Cc1ccc(CNC(=O)c2ccc(Cl)nc2)cc1. The standard InChI is InChI=1S/C17H20ClN3O3S/c1-12(2)21-25(23,24)11-14-5-3-13(4-6-14)9-20-17(22)15-7-8-16(18)19-10-15/h3-8,10,12,21H,9,11H2,1-2H3,(H,20,22). The van der Waals surface area contributed by atoms with E-state index in [0.717, 1.165) is 5.56 Å². The topological polar surface area (TPSA) is 88.2 Å². The molecule has 6 nitrogen and oxygen atoms in total. The number of nitrogens with one attached hydrogen (secondary N) is 2. The second-order valence-corrected chi connectivity index (χ2v) is 8.04. The number of hydrogen-bond acceptors (Lipinski definition) is 4. The van der Waals surface area contributed by atoms with Gasteiger partial charge in [-0.15, -0.1) is 0 Å². The lowest BCUT2D eigenvalue weighted by molar-refractivity contribution is 0.0950. The number of nitrogens with zero attached hydrogens (tertiary/aromatic N) is 1. The van der Waals surface area contributed by atoms with E-state index < -0.39 is 10.0 Å². The van der Waals surface area contributed by atoms with Gasteiger partial charge in [-0.1, -0.05) is 35.9 Å². The molecule has 0 atom stereocenters. The average molecular weight is 382 g/mol. The molecule has 1 aromatic heterocycles. The van der Waals surface area contributed by atoms with Crippen molar-refractivity contribution in [2.24, 2.45) is 0 Å². The summed E-state index contributed by atoms with van der Waals surface area (Å²) in [6.45, 7) is 3.89. The van der Waals surface area contributed by atoms with Crippen LogP contribution in [0.1, 0.15) is 35.3 Å². The Kier molecular flexibility index (Phi) is 6.52. The van der Waals surface area contributed by atoms with Gasteiger partial charge >= 0.3 is 0 Å². The molecule has 0 saturated heterocycles. The molecule has 2 aromatic rings. The van der Waals surface area contributed by atoms with Gasteiger partial charge in [-0.3, -0.25) is 4.79 Å². The summed E-state index contributed by atoms with van der Waals surface area (Å²) < 4.78 is 26.4. The zero-order valence-corrected chi connectivity index (χ0v) is 15.6. The van der Waals surface area contributed by atoms with Gasteiger partial charge in [-0.05, 0) is 37.1 Å². The van der Waals surface area contributed by atoms with E-state index >= 15 is 0 Å². The van der Waals surface area contributed by atoms with Crippen LogP contribution in [0.4, 0.5) is 0 Å². The Hall–Kier alpha value is -1.96. The summed E-state index contributed by atoms with van der Waals surface area (Å²) in [7, 11) is -3.35. The van der Waals surface area contributed by atoms with E-state index in [0.29, 0.717) is 22.8 Å². The van der Waals surface area contributed by atoms with Gasteiger partial charge in [0.15, 0.2) is 0 Å². The maximum absolute atomic E-state index is 12.0. The third-order valence-electron chi connectivity index (χ3n) is 3.24. The summed E-state index contributed by atoms with van der Waals surface area (Å²) in [6.07, 6.45) is 1.41. The number of sulfonamides is 1. The maximum Gasteiger partial charge on any atom is 0.253 e. The van der Waals surface area contributed by atoms with Crippen molar-refractivity contribution in [2.45, 2.75) is 32.2 Å². The van der Waals surface area contributed by atoms with Crippen molar-refractivity contribution in [1.29, 1.82) is 0 Å². The summed E-state index contributed by atoms with van der Waals surface area (Å²) in [5, 5.41) is 3.10. The number of carbonyl (C=O) groups is 1. The molecule has 134 valence electrons. The van der Waals surface area contributed by atoms with E-state index in [9.17, 15) is 13.2 Å². The molecular formula is C17H20ClN3O3S. The largest absolute Gasteiger partial charge is 0.348 e. The first kappa shape index (κ1) is 19.4. The second kappa shape index (κ2) is 8.42. The average Bonchev–Trinajstić information content (AvgIpc) is 2.53. The van der Waals surface area contributed by atoms with E-state index in [2.05, 4.69) is 15.0 Å². The zero-order chi connectivity index (χ0) is 18.4. The van der Waals surface area contributed by atoms with E-state index in [1.54, 1.807) is 50.2 Å². The molecule has 0 spiro atoms. The van der Waals surface area contributed by atoms with Gasteiger partial charge in [-0.2, -0.15) is 0 Å². The molecule has 0 aliphatic heterocycles. The summed E-state index contributed by atoms with van der Waals surface area (Å²) >= 11 is 5.69. The molecule has 2 rings (SSSR count). The van der Waals surface area contributed by atoms with E-state index in [1.807, 2.05) is 0 Å². The van der Waals surface area contributed by atoms with Crippen LogP contribution in [0, 0.1) is 0 Å². The fraction of sp³-hybridized carbons (Fsp3) is 0.294. The number of amides is 1. The summed E-state index contributed by atoms with van der Waals surface area (Å²) in [5.41, 5.74) is 1.98. The van der Waals surface area contributed by atoms with Gasteiger partial charge < -0.3 is 5.32 Å². The fourth-order valence-electron chi connectivity index (χ4n) is 2.17. The Morgan fingerprint density at radius 2 is 1.76 bits per heavy atom. The van der Waals surface area contributed by atoms with Crippen LogP contribution in [0.3, 0.4) is 0 Å². The number of pyridine rings is 1. The van der Waals surface area contributed by atoms with Crippen LogP contribution in [0.5, 0.6) is 0 Å². The number of hydrogen-bond donors (Lipinski definition) is 2. The molecule has 2 N–H and O–H groups in total. The monoisotopic (exact) mass is 381 g/mol. The van der Waals surface area contributed by atoms with Crippen molar-refractivity contribution in [3.63, 3.8) is 0 Å². The van der Waals surface area contributed by atoms with Crippen molar-refractivity contribution in [3.8, 4) is 0 Å². The van der Waals surface area contributed by atoms with Crippen molar-refractivity contribution in [3.05, 3.63) is 64.4 Å². The Morgan fingerprint density at radius 3 is 2.32 bits per heavy atom. The summed E-state index contributed by atoms with van der Waals surface area (Å²) in [5.74, 6) is -0.328. The number of rotatable bonds is 7. The van der Waals surface area contributed by atoms with Crippen molar-refractivity contribution in [2.75, 3.05) is 0 Å². The van der Waals surface area contributed by atoms with Crippen LogP contribution >= 0.6 is 11.6 Å². The Balaban J connectivity index is 1.92. The maximum atomic E-state index is 12.0. The van der Waals surface area contributed by atoms with Crippen LogP contribution in [0.25, 0.3) is 0 Å². The minimum atomic E-state index is -3.35. The van der Waals surface area contributed by atoms with Crippen LogP contribution in [-0.2, 0) is 22.3 Å². The first-order chi connectivity index (χ1) is 11.7. The Bertz CT molecular complexity index is 819.